The number of carbonyl (C=O) groups excluding carboxylic acids is 1. The maximum Gasteiger partial charge on any atom is 0.276 e. The van der Waals surface area contributed by atoms with Gasteiger partial charge in [-0.2, -0.15) is 0 Å². The van der Waals surface area contributed by atoms with Gasteiger partial charge in [-0.3, -0.25) is 4.79 Å². The fraction of sp³-hybridized carbons (Fsp3) is 0.800. The van der Waals surface area contributed by atoms with Crippen molar-refractivity contribution in [2.45, 2.75) is 62.2 Å². The Labute approximate surface area is 139 Å². The molecule has 1 spiro atoms. The molecule has 126 valence electrons. The van der Waals surface area contributed by atoms with Gasteiger partial charge in [0.2, 0.25) is 11.8 Å². The van der Waals surface area contributed by atoms with Crippen LogP contribution in [0.5, 0.6) is 0 Å². The molecule has 8 heteroatoms. The molecule has 3 fully saturated rings. The maximum absolute atomic E-state index is 11.6. The zero-order chi connectivity index (χ0) is 15.7. The van der Waals surface area contributed by atoms with Crippen molar-refractivity contribution in [3.8, 4) is 0 Å². The summed E-state index contributed by atoms with van der Waals surface area (Å²) in [5, 5.41) is 8.60. The fourth-order valence-electron chi connectivity index (χ4n) is 3.43. The second-order valence-corrected chi connectivity index (χ2v) is 7.33. The van der Waals surface area contributed by atoms with Crippen LogP contribution < -0.4 is 0 Å². The molecular weight excluding hydrogens is 318 g/mol. The van der Waals surface area contributed by atoms with Gasteiger partial charge in [0, 0.05) is 31.6 Å². The second kappa shape index (κ2) is 6.41. The zero-order valence-electron chi connectivity index (χ0n) is 13.0. The predicted molar refractivity (Wildman–Crippen MR) is 81.7 cm³/mol. The highest BCUT2D eigenvalue weighted by Gasteiger charge is 2.43. The van der Waals surface area contributed by atoms with Gasteiger partial charge in [-0.05, 0) is 19.3 Å². The summed E-state index contributed by atoms with van der Waals surface area (Å²) in [6.07, 6.45) is 5.98. The second-order valence-electron chi connectivity index (χ2n) is 6.36. The van der Waals surface area contributed by atoms with Crippen LogP contribution in [0.15, 0.2) is 9.64 Å². The summed E-state index contributed by atoms with van der Waals surface area (Å²) in [5.74, 6) is 1.09. The summed E-state index contributed by atoms with van der Waals surface area (Å²) in [4.78, 5) is 13.4. The third-order valence-corrected chi connectivity index (χ3v) is 5.57. The van der Waals surface area contributed by atoms with Gasteiger partial charge >= 0.3 is 0 Å². The van der Waals surface area contributed by atoms with Crippen LogP contribution in [0, 0.1) is 0 Å². The average Bonchev–Trinajstić information content (AvgIpc) is 3.31. The Morgan fingerprint density at radius 3 is 2.91 bits per heavy atom. The Morgan fingerprint density at radius 1 is 1.26 bits per heavy atom. The molecule has 0 bridgehead atoms. The first-order valence-corrected chi connectivity index (χ1v) is 9.26. The lowest BCUT2D eigenvalue weighted by atomic mass is 10.2. The largest absolute Gasteiger partial charge is 0.414 e. The van der Waals surface area contributed by atoms with Gasteiger partial charge in [0.25, 0.3) is 5.22 Å². The van der Waals surface area contributed by atoms with Crippen molar-refractivity contribution in [3.63, 3.8) is 0 Å². The monoisotopic (exact) mass is 339 g/mol. The zero-order valence-corrected chi connectivity index (χ0v) is 13.8. The van der Waals surface area contributed by atoms with E-state index in [4.69, 9.17) is 13.9 Å². The smallest absolute Gasteiger partial charge is 0.276 e. The van der Waals surface area contributed by atoms with Gasteiger partial charge < -0.3 is 18.8 Å². The summed E-state index contributed by atoms with van der Waals surface area (Å²) >= 11 is 1.49. The van der Waals surface area contributed by atoms with Gasteiger partial charge in [0.15, 0.2) is 5.79 Å². The standard InChI is InChI=1S/C15H21N3O4S/c19-13-4-3-7-18(13)8-12-16-17-14(21-12)23-10-11-9-20-15(22-11)5-1-2-6-15/h11H,1-10H2/t11-/m0/s1. The molecule has 2 saturated heterocycles. The molecule has 1 aromatic rings. The van der Waals surface area contributed by atoms with Crippen LogP contribution in [0.3, 0.4) is 0 Å². The van der Waals surface area contributed by atoms with Crippen LogP contribution in [0.25, 0.3) is 0 Å². The molecule has 23 heavy (non-hydrogen) atoms. The Morgan fingerprint density at radius 2 is 2.13 bits per heavy atom. The molecule has 7 nitrogen and oxygen atoms in total. The highest BCUT2D eigenvalue weighted by molar-refractivity contribution is 7.99. The van der Waals surface area contributed by atoms with Crippen LogP contribution in [0.4, 0.5) is 0 Å². The number of thioether (sulfide) groups is 1. The molecule has 3 heterocycles. The molecule has 2 aliphatic heterocycles. The highest BCUT2D eigenvalue weighted by atomic mass is 32.2. The highest BCUT2D eigenvalue weighted by Crippen LogP contribution is 2.40. The van der Waals surface area contributed by atoms with Crippen LogP contribution in [0.2, 0.25) is 0 Å². The molecule has 1 aromatic heterocycles. The summed E-state index contributed by atoms with van der Waals surface area (Å²) in [6, 6.07) is 0. The lowest BCUT2D eigenvalue weighted by molar-refractivity contribution is -0.159. The number of amides is 1. The molecule has 0 radical (unpaired) electrons. The van der Waals surface area contributed by atoms with Crippen LogP contribution in [-0.2, 0) is 20.8 Å². The number of aromatic nitrogens is 2. The third-order valence-electron chi connectivity index (χ3n) is 4.62. The summed E-state index contributed by atoms with van der Waals surface area (Å²) in [7, 11) is 0. The van der Waals surface area contributed by atoms with E-state index in [9.17, 15) is 4.79 Å². The average molecular weight is 339 g/mol. The van der Waals surface area contributed by atoms with Gasteiger partial charge in [0.1, 0.15) is 0 Å². The van der Waals surface area contributed by atoms with Crippen LogP contribution >= 0.6 is 11.8 Å². The van der Waals surface area contributed by atoms with E-state index in [1.54, 1.807) is 4.90 Å². The molecular formula is C15H21N3O4S. The SMILES string of the molecule is O=C1CCCN1Cc1nnc(SC[C@@H]2COC3(CCCC3)O2)o1. The van der Waals surface area contributed by atoms with E-state index in [1.165, 1.54) is 24.6 Å². The minimum absolute atomic E-state index is 0.0774. The van der Waals surface area contributed by atoms with Crippen LogP contribution in [-0.4, -0.2) is 51.8 Å². The number of likely N-dealkylation sites (tertiary alicyclic amines) is 1. The normalized spacial score (nSPS) is 26.7. The van der Waals surface area contributed by atoms with E-state index < -0.39 is 0 Å². The van der Waals surface area contributed by atoms with Crippen molar-refractivity contribution in [1.29, 1.82) is 0 Å². The minimum atomic E-state index is -0.318. The van der Waals surface area contributed by atoms with Crippen molar-refractivity contribution in [3.05, 3.63) is 5.89 Å². The van der Waals surface area contributed by atoms with Crippen molar-refractivity contribution in [2.24, 2.45) is 0 Å². The van der Waals surface area contributed by atoms with E-state index in [0.29, 0.717) is 30.7 Å². The number of hydrogen-bond donors (Lipinski definition) is 0. The van der Waals surface area contributed by atoms with E-state index >= 15 is 0 Å². The quantitative estimate of drug-likeness (QED) is 0.759. The Balaban J connectivity index is 1.26. The Bertz CT molecular complexity index is 573. The maximum atomic E-state index is 11.6. The van der Waals surface area contributed by atoms with Gasteiger partial charge in [-0.1, -0.05) is 11.8 Å². The number of ether oxygens (including phenoxy) is 2. The topological polar surface area (TPSA) is 77.7 Å². The third kappa shape index (κ3) is 3.39. The Kier molecular flexibility index (Phi) is 4.29. The van der Waals surface area contributed by atoms with E-state index in [0.717, 1.165) is 31.6 Å². The van der Waals surface area contributed by atoms with Gasteiger partial charge in [0.05, 0.1) is 19.3 Å². The summed E-state index contributed by atoms with van der Waals surface area (Å²) in [5.41, 5.74) is 0. The molecule has 1 aliphatic carbocycles. The molecule has 0 unspecified atom stereocenters. The first-order chi connectivity index (χ1) is 11.2. The summed E-state index contributed by atoms with van der Waals surface area (Å²) < 4.78 is 17.6. The first kappa shape index (κ1) is 15.4. The molecule has 3 aliphatic rings. The van der Waals surface area contributed by atoms with Gasteiger partial charge in [-0.25, -0.2) is 0 Å². The molecule has 0 aromatic carbocycles. The predicted octanol–water partition coefficient (Wildman–Crippen LogP) is 1.97. The lowest BCUT2D eigenvalue weighted by Crippen LogP contribution is -2.27. The Hall–Kier alpha value is -1.12. The molecule has 1 amide bonds. The molecule has 4 rings (SSSR count). The first-order valence-electron chi connectivity index (χ1n) is 8.27. The van der Waals surface area contributed by atoms with Crippen LogP contribution in [0.1, 0.15) is 44.4 Å². The van der Waals surface area contributed by atoms with E-state index in [1.807, 2.05) is 0 Å². The van der Waals surface area contributed by atoms with Crippen molar-refractivity contribution in [1.82, 2.24) is 15.1 Å². The molecule has 1 atom stereocenters. The fourth-order valence-corrected chi connectivity index (χ4v) is 4.18. The van der Waals surface area contributed by atoms with Crippen molar-refractivity contribution >= 4 is 17.7 Å². The number of carbonyl (C=O) groups is 1. The number of hydrogen-bond acceptors (Lipinski definition) is 7. The molecule has 0 N–H and O–H groups in total. The minimum Gasteiger partial charge on any atom is -0.414 e. The summed E-state index contributed by atoms with van der Waals surface area (Å²) in [6.45, 7) is 1.83. The molecule has 1 saturated carbocycles. The van der Waals surface area contributed by atoms with E-state index in [2.05, 4.69) is 10.2 Å². The van der Waals surface area contributed by atoms with E-state index in [-0.39, 0.29) is 17.8 Å². The van der Waals surface area contributed by atoms with Crippen molar-refractivity contribution in [2.75, 3.05) is 18.9 Å². The van der Waals surface area contributed by atoms with Crippen molar-refractivity contribution < 1.29 is 18.7 Å². The number of rotatable bonds is 5. The number of nitrogens with zero attached hydrogens (tertiary/aromatic N) is 3. The van der Waals surface area contributed by atoms with Gasteiger partial charge in [-0.15, -0.1) is 10.2 Å². The lowest BCUT2D eigenvalue weighted by Gasteiger charge is -2.21.